The van der Waals surface area contributed by atoms with E-state index >= 15 is 0 Å². The Balaban J connectivity index is 3.46. The Kier molecular flexibility index (Phi) is 1.44. The summed E-state index contributed by atoms with van der Waals surface area (Å²) >= 11 is 0. The van der Waals surface area contributed by atoms with Gasteiger partial charge in [0, 0.05) is 0 Å². The molecule has 0 spiro atoms. The van der Waals surface area contributed by atoms with Crippen molar-refractivity contribution in [3.8, 4) is 0 Å². The van der Waals surface area contributed by atoms with Gasteiger partial charge in [0.05, 0.1) is 0 Å². The summed E-state index contributed by atoms with van der Waals surface area (Å²) in [6.45, 7) is 0. The third kappa shape index (κ3) is 1.16. The lowest BCUT2D eigenvalue weighted by Crippen LogP contribution is -2.26. The molecule has 10 heavy (non-hydrogen) atoms. The van der Waals surface area contributed by atoms with Crippen molar-refractivity contribution >= 4 is 6.29 Å². The zero-order chi connectivity index (χ0) is 7.56. The highest BCUT2D eigenvalue weighted by molar-refractivity contribution is 5.67. The van der Waals surface area contributed by atoms with Crippen LogP contribution in [0.4, 0.5) is 0 Å². The van der Waals surface area contributed by atoms with E-state index in [1.807, 2.05) is 9.97 Å². The van der Waals surface area contributed by atoms with E-state index in [2.05, 4.69) is 4.98 Å². The molecule has 6 heteroatoms. The largest absolute Gasteiger partial charge is 0.351 e. The van der Waals surface area contributed by atoms with Crippen molar-refractivity contribution in [1.82, 2.24) is 15.0 Å². The number of rotatable bonds is 1. The number of carbonyl (C=O) groups is 1. The molecule has 0 aliphatic carbocycles. The summed E-state index contributed by atoms with van der Waals surface area (Å²) < 4.78 is 0. The van der Waals surface area contributed by atoms with Crippen LogP contribution in [0, 0.1) is 0 Å². The minimum absolute atomic E-state index is 0.270. The molecule has 0 aliphatic heterocycles. The van der Waals surface area contributed by atoms with Gasteiger partial charge < -0.3 is 0 Å². The van der Waals surface area contributed by atoms with E-state index in [0.29, 0.717) is 0 Å². The van der Waals surface area contributed by atoms with E-state index in [0.717, 1.165) is 0 Å². The molecule has 0 aliphatic rings. The number of aldehydes is 1. The summed E-state index contributed by atoms with van der Waals surface area (Å²) in [5.41, 5.74) is -1.56. The van der Waals surface area contributed by atoms with Gasteiger partial charge in [-0.15, -0.1) is 0 Å². The molecule has 52 valence electrons. The van der Waals surface area contributed by atoms with Crippen LogP contribution >= 0.6 is 0 Å². The highest BCUT2D eigenvalue weighted by Gasteiger charge is 1.92. The van der Waals surface area contributed by atoms with Crippen molar-refractivity contribution in [1.29, 1.82) is 0 Å². The molecule has 0 saturated heterocycles. The SMILES string of the molecule is O=Cc1nc(=O)[nH]c(=O)[nH]1. The Hall–Kier alpha value is -1.72. The minimum atomic E-state index is -0.828. The van der Waals surface area contributed by atoms with E-state index in [-0.39, 0.29) is 12.1 Å². The Morgan fingerprint density at radius 3 is 2.50 bits per heavy atom. The maximum atomic E-state index is 10.4. The number of nitrogens with one attached hydrogen (secondary N) is 2. The fraction of sp³-hybridized carbons (Fsp3) is 0. The maximum absolute atomic E-state index is 10.4. The van der Waals surface area contributed by atoms with Gasteiger partial charge in [0.2, 0.25) is 0 Å². The minimum Gasteiger partial charge on any atom is -0.294 e. The smallest absolute Gasteiger partial charge is 0.294 e. The molecule has 0 aromatic carbocycles. The van der Waals surface area contributed by atoms with Gasteiger partial charge in [-0.2, -0.15) is 4.98 Å². The molecule has 1 aromatic rings. The van der Waals surface area contributed by atoms with Crippen LogP contribution in [-0.4, -0.2) is 21.2 Å². The zero-order valence-electron chi connectivity index (χ0n) is 4.75. The summed E-state index contributed by atoms with van der Waals surface area (Å²) in [5, 5.41) is 0. The lowest BCUT2D eigenvalue weighted by atomic mass is 10.7. The zero-order valence-corrected chi connectivity index (χ0v) is 4.75. The second kappa shape index (κ2) is 2.26. The highest BCUT2D eigenvalue weighted by Crippen LogP contribution is 1.65. The number of nitrogens with zero attached hydrogens (tertiary/aromatic N) is 1. The number of H-pyrrole nitrogens is 2. The van der Waals surface area contributed by atoms with Crippen molar-refractivity contribution in [2.24, 2.45) is 0 Å². The molecule has 0 atom stereocenters. The first-order chi connectivity index (χ1) is 4.72. The van der Waals surface area contributed by atoms with Gasteiger partial charge in [0.25, 0.3) is 0 Å². The molecule has 0 radical (unpaired) electrons. The first kappa shape index (κ1) is 6.40. The Labute approximate surface area is 53.9 Å². The topological polar surface area (TPSA) is 95.7 Å². The fourth-order valence-corrected chi connectivity index (χ4v) is 0.466. The van der Waals surface area contributed by atoms with E-state index in [1.54, 1.807) is 0 Å². The first-order valence-corrected chi connectivity index (χ1v) is 2.38. The summed E-state index contributed by atoms with van der Waals surface area (Å²) in [5.74, 6) is -0.270. The van der Waals surface area contributed by atoms with Crippen LogP contribution in [0.1, 0.15) is 10.6 Å². The predicted molar refractivity (Wildman–Crippen MR) is 30.9 cm³/mol. The molecule has 1 heterocycles. The number of aromatic nitrogens is 3. The van der Waals surface area contributed by atoms with Gasteiger partial charge >= 0.3 is 11.4 Å². The van der Waals surface area contributed by atoms with Crippen LogP contribution in [0.3, 0.4) is 0 Å². The Bertz CT molecular complexity index is 321. The lowest BCUT2D eigenvalue weighted by molar-refractivity contribution is 0.111. The van der Waals surface area contributed by atoms with Crippen LogP contribution in [0.5, 0.6) is 0 Å². The monoisotopic (exact) mass is 141 g/mol. The quantitative estimate of drug-likeness (QED) is 0.454. The summed E-state index contributed by atoms with van der Waals surface area (Å²) in [6.07, 6.45) is 0.288. The second-order valence-electron chi connectivity index (χ2n) is 1.50. The van der Waals surface area contributed by atoms with Crippen LogP contribution in [0.2, 0.25) is 0 Å². The molecule has 0 bridgehead atoms. The Morgan fingerprint density at radius 2 is 2.00 bits per heavy atom. The number of hydrogen-bond acceptors (Lipinski definition) is 4. The normalized spacial score (nSPS) is 9.20. The van der Waals surface area contributed by atoms with Crippen molar-refractivity contribution in [2.45, 2.75) is 0 Å². The molecule has 0 unspecified atom stereocenters. The second-order valence-corrected chi connectivity index (χ2v) is 1.50. The lowest BCUT2D eigenvalue weighted by Gasteiger charge is -1.83. The molecular weight excluding hydrogens is 138 g/mol. The number of carbonyl (C=O) groups excluding carboxylic acids is 1. The van der Waals surface area contributed by atoms with Gasteiger partial charge in [0.15, 0.2) is 12.1 Å². The van der Waals surface area contributed by atoms with Gasteiger partial charge in [-0.3, -0.25) is 14.8 Å². The predicted octanol–water partition coefficient (Wildman–Crippen LogP) is -1.73. The average Bonchev–Trinajstić information content (AvgIpc) is 1.85. The van der Waals surface area contributed by atoms with Crippen LogP contribution in [-0.2, 0) is 0 Å². The van der Waals surface area contributed by atoms with E-state index in [9.17, 15) is 14.4 Å². The molecule has 1 rings (SSSR count). The summed E-state index contributed by atoms with van der Waals surface area (Å²) in [6, 6.07) is 0. The van der Waals surface area contributed by atoms with Gasteiger partial charge in [-0.25, -0.2) is 9.59 Å². The summed E-state index contributed by atoms with van der Waals surface area (Å²) in [7, 11) is 0. The molecule has 6 nitrogen and oxygen atoms in total. The van der Waals surface area contributed by atoms with Gasteiger partial charge in [-0.1, -0.05) is 0 Å². The molecule has 0 saturated carbocycles. The van der Waals surface area contributed by atoms with Crippen molar-refractivity contribution in [3.63, 3.8) is 0 Å². The van der Waals surface area contributed by atoms with Crippen molar-refractivity contribution in [2.75, 3.05) is 0 Å². The van der Waals surface area contributed by atoms with Crippen LogP contribution in [0.15, 0.2) is 9.59 Å². The first-order valence-electron chi connectivity index (χ1n) is 2.38. The van der Waals surface area contributed by atoms with Gasteiger partial charge in [-0.05, 0) is 0 Å². The molecule has 0 fully saturated rings. The van der Waals surface area contributed by atoms with Gasteiger partial charge in [0.1, 0.15) is 0 Å². The molecular formula is C4H3N3O3. The maximum Gasteiger partial charge on any atom is 0.351 e. The van der Waals surface area contributed by atoms with E-state index in [1.165, 1.54) is 0 Å². The fourth-order valence-electron chi connectivity index (χ4n) is 0.466. The Morgan fingerprint density at radius 1 is 1.30 bits per heavy atom. The highest BCUT2D eigenvalue weighted by atomic mass is 16.2. The van der Waals surface area contributed by atoms with E-state index in [4.69, 9.17) is 0 Å². The van der Waals surface area contributed by atoms with Crippen LogP contribution < -0.4 is 11.4 Å². The van der Waals surface area contributed by atoms with E-state index < -0.39 is 11.4 Å². The number of aromatic amines is 2. The molecule has 1 aromatic heterocycles. The average molecular weight is 141 g/mol. The van der Waals surface area contributed by atoms with Crippen LogP contribution in [0.25, 0.3) is 0 Å². The molecule has 2 N–H and O–H groups in total. The van der Waals surface area contributed by atoms with Crippen molar-refractivity contribution < 1.29 is 4.79 Å². The van der Waals surface area contributed by atoms with Crippen molar-refractivity contribution in [3.05, 3.63) is 26.8 Å². The molecule has 0 amide bonds. The third-order valence-electron chi connectivity index (χ3n) is 0.796. The standard InChI is InChI=1S/C4H3N3O3/c8-1-2-5-3(9)7-4(10)6-2/h1H,(H2,5,6,7,9,10). The number of hydrogen-bond donors (Lipinski definition) is 2. The third-order valence-corrected chi connectivity index (χ3v) is 0.796. The summed E-state index contributed by atoms with van der Waals surface area (Å²) in [4.78, 5) is 37.5.